The summed E-state index contributed by atoms with van der Waals surface area (Å²) in [5.41, 5.74) is 4.76. The number of thioether (sulfide) groups is 1. The minimum absolute atomic E-state index is 0.189. The zero-order valence-corrected chi connectivity index (χ0v) is 11.7. The monoisotopic (exact) mass is 293 g/mol. The number of aromatic nitrogens is 2. The Morgan fingerprint density at radius 2 is 2.20 bits per heavy atom. The van der Waals surface area contributed by atoms with Crippen LogP contribution in [0.2, 0.25) is 0 Å². The number of anilines is 1. The summed E-state index contributed by atoms with van der Waals surface area (Å²) in [7, 11) is 3.55. The van der Waals surface area contributed by atoms with E-state index in [1.54, 1.807) is 25.1 Å². The molecule has 0 saturated carbocycles. The SMILES string of the molecule is CN(C)c1cc2nc(C3=NNC(=O)SC3)[nH]c2cc1F. The number of aromatic amines is 1. The molecule has 0 unspecified atom stereocenters. The van der Waals surface area contributed by atoms with Crippen LogP contribution in [0, 0.1) is 5.82 Å². The van der Waals surface area contributed by atoms with E-state index in [0.29, 0.717) is 34.0 Å². The molecule has 0 bridgehead atoms. The number of rotatable bonds is 2. The average Bonchev–Trinajstić information content (AvgIpc) is 2.81. The molecular formula is C12H12FN5OS. The molecule has 6 nitrogen and oxygen atoms in total. The number of nitrogens with zero attached hydrogens (tertiary/aromatic N) is 3. The van der Waals surface area contributed by atoms with Crippen molar-refractivity contribution < 1.29 is 9.18 Å². The van der Waals surface area contributed by atoms with E-state index in [4.69, 9.17) is 0 Å². The molecule has 104 valence electrons. The summed E-state index contributed by atoms with van der Waals surface area (Å²) in [5, 5.41) is 3.77. The van der Waals surface area contributed by atoms with Gasteiger partial charge in [-0.2, -0.15) is 5.10 Å². The number of nitrogens with one attached hydrogen (secondary N) is 2. The van der Waals surface area contributed by atoms with Gasteiger partial charge in [0, 0.05) is 20.2 Å². The largest absolute Gasteiger partial charge is 0.375 e. The highest BCUT2D eigenvalue weighted by atomic mass is 32.2. The van der Waals surface area contributed by atoms with Crippen LogP contribution in [0.25, 0.3) is 11.0 Å². The Morgan fingerprint density at radius 1 is 1.40 bits per heavy atom. The second kappa shape index (κ2) is 4.78. The summed E-state index contributed by atoms with van der Waals surface area (Å²) in [4.78, 5) is 20.2. The van der Waals surface area contributed by atoms with Crippen LogP contribution in [-0.2, 0) is 0 Å². The first kappa shape index (κ1) is 12.9. The smallest absolute Gasteiger partial charge is 0.299 e. The fourth-order valence-electron chi connectivity index (χ4n) is 1.93. The third-order valence-corrected chi connectivity index (χ3v) is 3.70. The quantitative estimate of drug-likeness (QED) is 0.887. The number of halogens is 1. The van der Waals surface area contributed by atoms with Crippen LogP contribution in [-0.4, -0.2) is 40.8 Å². The summed E-state index contributed by atoms with van der Waals surface area (Å²) >= 11 is 1.12. The third-order valence-electron chi connectivity index (χ3n) is 2.93. The molecule has 2 aromatic rings. The highest BCUT2D eigenvalue weighted by Crippen LogP contribution is 2.24. The minimum atomic E-state index is -0.314. The number of imidazole rings is 1. The van der Waals surface area contributed by atoms with Crippen molar-refractivity contribution in [2.24, 2.45) is 5.10 Å². The summed E-state index contributed by atoms with van der Waals surface area (Å²) in [6.07, 6.45) is 0. The van der Waals surface area contributed by atoms with E-state index >= 15 is 0 Å². The van der Waals surface area contributed by atoms with Crippen molar-refractivity contribution in [1.82, 2.24) is 15.4 Å². The zero-order chi connectivity index (χ0) is 14.3. The number of hydrazone groups is 1. The van der Waals surface area contributed by atoms with Gasteiger partial charge < -0.3 is 9.88 Å². The van der Waals surface area contributed by atoms with Crippen molar-refractivity contribution in [3.05, 3.63) is 23.8 Å². The predicted octanol–water partition coefficient (Wildman–Crippen LogP) is 1.93. The van der Waals surface area contributed by atoms with E-state index in [1.165, 1.54) is 6.07 Å². The van der Waals surface area contributed by atoms with Crippen LogP contribution >= 0.6 is 11.8 Å². The van der Waals surface area contributed by atoms with Crippen molar-refractivity contribution in [1.29, 1.82) is 0 Å². The molecular weight excluding hydrogens is 281 g/mol. The third kappa shape index (κ3) is 2.22. The molecule has 0 radical (unpaired) electrons. The summed E-state index contributed by atoms with van der Waals surface area (Å²) in [6.45, 7) is 0. The van der Waals surface area contributed by atoms with Crippen molar-refractivity contribution in [2.45, 2.75) is 0 Å². The summed E-state index contributed by atoms with van der Waals surface area (Å²) < 4.78 is 13.9. The first-order valence-corrected chi connectivity index (χ1v) is 6.89. The minimum Gasteiger partial charge on any atom is -0.375 e. The molecule has 8 heteroatoms. The van der Waals surface area contributed by atoms with Gasteiger partial charge in [0.15, 0.2) is 5.82 Å². The normalized spacial score (nSPS) is 15.2. The molecule has 0 aliphatic carbocycles. The van der Waals surface area contributed by atoms with Gasteiger partial charge in [0.2, 0.25) is 0 Å². The lowest BCUT2D eigenvalue weighted by Crippen LogP contribution is -2.24. The predicted molar refractivity (Wildman–Crippen MR) is 77.9 cm³/mol. The molecule has 0 saturated heterocycles. The molecule has 20 heavy (non-hydrogen) atoms. The van der Waals surface area contributed by atoms with Gasteiger partial charge in [-0.05, 0) is 6.07 Å². The fraction of sp³-hybridized carbons (Fsp3) is 0.250. The molecule has 1 aliphatic rings. The number of carbonyl (C=O) groups is 1. The van der Waals surface area contributed by atoms with Gasteiger partial charge in [-0.25, -0.2) is 14.8 Å². The standard InChI is InChI=1S/C12H12FN5OS/c1-18(2)10-4-8-7(3-6(10)13)14-11(15-8)9-5-20-12(19)17-16-9/h3-4H,5H2,1-2H3,(H,14,15)(H,17,19). The lowest BCUT2D eigenvalue weighted by molar-refractivity contribution is 0.261. The topological polar surface area (TPSA) is 73.4 Å². The van der Waals surface area contributed by atoms with Crippen LogP contribution < -0.4 is 10.3 Å². The Balaban J connectivity index is 2.05. The second-order valence-corrected chi connectivity index (χ2v) is 5.50. The number of benzene rings is 1. The maximum Gasteiger partial charge on any atom is 0.299 e. The number of hydrogen-bond acceptors (Lipinski definition) is 5. The lowest BCUT2D eigenvalue weighted by Gasteiger charge is -2.12. The van der Waals surface area contributed by atoms with Gasteiger partial charge in [-0.1, -0.05) is 11.8 Å². The fourth-order valence-corrected chi connectivity index (χ4v) is 2.51. The van der Waals surface area contributed by atoms with Gasteiger partial charge in [-0.15, -0.1) is 0 Å². The van der Waals surface area contributed by atoms with Crippen molar-refractivity contribution in [3.8, 4) is 0 Å². The van der Waals surface area contributed by atoms with Crippen LogP contribution in [0.15, 0.2) is 17.2 Å². The first-order valence-electron chi connectivity index (χ1n) is 5.91. The van der Waals surface area contributed by atoms with Gasteiger partial charge in [-0.3, -0.25) is 4.79 Å². The van der Waals surface area contributed by atoms with Crippen molar-refractivity contribution in [3.63, 3.8) is 0 Å². The molecule has 1 aliphatic heterocycles. The molecule has 1 aromatic carbocycles. The maximum atomic E-state index is 13.9. The van der Waals surface area contributed by atoms with Crippen LogP contribution in [0.3, 0.4) is 0 Å². The Hall–Kier alpha value is -2.09. The molecule has 2 heterocycles. The van der Waals surface area contributed by atoms with E-state index in [9.17, 15) is 9.18 Å². The Bertz CT molecular complexity index is 724. The molecule has 0 atom stereocenters. The number of H-pyrrole nitrogens is 1. The summed E-state index contributed by atoms with van der Waals surface area (Å²) in [6, 6.07) is 3.09. The number of hydrogen-bond donors (Lipinski definition) is 2. The highest BCUT2D eigenvalue weighted by molar-refractivity contribution is 8.14. The average molecular weight is 293 g/mol. The Labute approximate surface area is 118 Å². The highest BCUT2D eigenvalue weighted by Gasteiger charge is 2.18. The first-order chi connectivity index (χ1) is 9.54. The molecule has 0 fully saturated rings. The van der Waals surface area contributed by atoms with Gasteiger partial charge >= 0.3 is 0 Å². The Kier molecular flexibility index (Phi) is 3.09. The zero-order valence-electron chi connectivity index (χ0n) is 10.9. The Morgan fingerprint density at radius 3 is 2.85 bits per heavy atom. The van der Waals surface area contributed by atoms with Crippen LogP contribution in [0.5, 0.6) is 0 Å². The van der Waals surface area contributed by atoms with Gasteiger partial charge in [0.05, 0.1) is 22.5 Å². The van der Waals surface area contributed by atoms with Gasteiger partial charge in [0.25, 0.3) is 5.24 Å². The van der Waals surface area contributed by atoms with E-state index in [1.807, 2.05) is 0 Å². The molecule has 1 aromatic heterocycles. The molecule has 0 spiro atoms. The maximum absolute atomic E-state index is 13.9. The lowest BCUT2D eigenvalue weighted by atomic mass is 10.2. The molecule has 3 rings (SSSR count). The van der Waals surface area contributed by atoms with Crippen molar-refractivity contribution >= 4 is 39.4 Å². The molecule has 1 amide bonds. The van der Waals surface area contributed by atoms with Crippen LogP contribution in [0.4, 0.5) is 14.9 Å². The van der Waals surface area contributed by atoms with Crippen LogP contribution in [0.1, 0.15) is 5.82 Å². The van der Waals surface area contributed by atoms with E-state index in [2.05, 4.69) is 20.5 Å². The van der Waals surface area contributed by atoms with Crippen molar-refractivity contribution in [2.75, 3.05) is 24.7 Å². The van der Waals surface area contributed by atoms with Gasteiger partial charge in [0.1, 0.15) is 11.5 Å². The number of fused-ring (bicyclic) bond motifs is 1. The number of carbonyl (C=O) groups excluding carboxylic acids is 1. The second-order valence-electron chi connectivity index (χ2n) is 4.55. The number of amides is 1. The summed E-state index contributed by atoms with van der Waals surface area (Å²) in [5.74, 6) is 0.670. The van der Waals surface area contributed by atoms with E-state index in [0.717, 1.165) is 11.8 Å². The van der Waals surface area contributed by atoms with E-state index in [-0.39, 0.29) is 11.1 Å². The molecule has 2 N–H and O–H groups in total. The van der Waals surface area contributed by atoms with E-state index < -0.39 is 0 Å².